The van der Waals surface area contributed by atoms with Gasteiger partial charge in [0.25, 0.3) is 0 Å². The van der Waals surface area contributed by atoms with Gasteiger partial charge in [-0.25, -0.2) is 4.98 Å². The van der Waals surface area contributed by atoms with Gasteiger partial charge in [-0.15, -0.1) is 0 Å². The number of fused-ring (bicyclic) bond motifs is 1. The molecule has 24 heavy (non-hydrogen) atoms. The lowest BCUT2D eigenvalue weighted by molar-refractivity contribution is -0.136. The SMILES string of the molecule is CN(CCc1ccncc1)Cc1c(CC(=O)O)nc2ccccn12. The molecule has 3 aromatic heterocycles. The highest BCUT2D eigenvalue weighted by molar-refractivity contribution is 5.70. The maximum Gasteiger partial charge on any atom is 0.309 e. The third-order valence-corrected chi connectivity index (χ3v) is 3.98. The van der Waals surface area contributed by atoms with E-state index in [1.54, 1.807) is 12.4 Å². The van der Waals surface area contributed by atoms with E-state index < -0.39 is 5.97 Å². The summed E-state index contributed by atoms with van der Waals surface area (Å²) < 4.78 is 1.97. The fourth-order valence-electron chi connectivity index (χ4n) is 2.75. The first-order valence-electron chi connectivity index (χ1n) is 7.87. The van der Waals surface area contributed by atoms with Gasteiger partial charge < -0.3 is 14.4 Å². The minimum absolute atomic E-state index is 0.0603. The van der Waals surface area contributed by atoms with Gasteiger partial charge in [0.05, 0.1) is 17.8 Å². The van der Waals surface area contributed by atoms with E-state index >= 15 is 0 Å². The standard InChI is InChI=1S/C18H20N4O2/c1-21(11-7-14-5-8-19-9-6-14)13-16-15(12-18(23)24)20-17-4-2-3-10-22(16)17/h2-6,8-10H,7,11-13H2,1H3,(H,23,24). The van der Waals surface area contributed by atoms with E-state index in [9.17, 15) is 4.79 Å². The van der Waals surface area contributed by atoms with Gasteiger partial charge in [0.15, 0.2) is 0 Å². The van der Waals surface area contributed by atoms with E-state index in [-0.39, 0.29) is 6.42 Å². The molecule has 0 saturated heterocycles. The lowest BCUT2D eigenvalue weighted by Gasteiger charge is -2.17. The van der Waals surface area contributed by atoms with E-state index in [0.29, 0.717) is 12.2 Å². The molecule has 0 aliphatic rings. The molecule has 6 nitrogen and oxygen atoms in total. The van der Waals surface area contributed by atoms with Crippen molar-refractivity contribution in [1.82, 2.24) is 19.3 Å². The minimum atomic E-state index is -0.862. The van der Waals surface area contributed by atoms with Crippen molar-refractivity contribution < 1.29 is 9.90 Å². The van der Waals surface area contributed by atoms with E-state index in [2.05, 4.69) is 14.9 Å². The Hall–Kier alpha value is -2.73. The molecule has 3 heterocycles. The second-order valence-electron chi connectivity index (χ2n) is 5.85. The van der Waals surface area contributed by atoms with Crippen LogP contribution in [-0.2, 0) is 24.2 Å². The van der Waals surface area contributed by atoms with Gasteiger partial charge in [0.1, 0.15) is 5.65 Å². The zero-order valence-electron chi connectivity index (χ0n) is 13.6. The van der Waals surface area contributed by atoms with Crippen LogP contribution in [0.3, 0.4) is 0 Å². The second-order valence-corrected chi connectivity index (χ2v) is 5.85. The summed E-state index contributed by atoms with van der Waals surface area (Å²) in [6, 6.07) is 9.76. The number of aromatic nitrogens is 3. The Labute approximate surface area is 140 Å². The maximum atomic E-state index is 11.1. The van der Waals surface area contributed by atoms with Gasteiger partial charge in [0, 0.05) is 31.7 Å². The number of carbonyl (C=O) groups is 1. The molecule has 0 aromatic carbocycles. The van der Waals surface area contributed by atoms with Crippen LogP contribution in [0.2, 0.25) is 0 Å². The number of hydrogen-bond acceptors (Lipinski definition) is 4. The number of carboxylic acids is 1. The van der Waals surface area contributed by atoms with Crippen LogP contribution in [0.5, 0.6) is 0 Å². The summed E-state index contributed by atoms with van der Waals surface area (Å²) in [7, 11) is 2.04. The van der Waals surface area contributed by atoms with Gasteiger partial charge in [-0.2, -0.15) is 0 Å². The van der Waals surface area contributed by atoms with Crippen molar-refractivity contribution in [3.8, 4) is 0 Å². The molecule has 3 aromatic rings. The molecule has 0 atom stereocenters. The third-order valence-electron chi connectivity index (χ3n) is 3.98. The number of carboxylic acid groups (broad SMARTS) is 1. The van der Waals surface area contributed by atoms with Gasteiger partial charge in [-0.1, -0.05) is 6.07 Å². The molecule has 0 spiro atoms. The highest BCUT2D eigenvalue weighted by Gasteiger charge is 2.16. The number of rotatable bonds is 7. The van der Waals surface area contributed by atoms with Crippen molar-refractivity contribution >= 4 is 11.6 Å². The number of nitrogens with zero attached hydrogens (tertiary/aromatic N) is 4. The summed E-state index contributed by atoms with van der Waals surface area (Å²) in [5.74, 6) is -0.862. The van der Waals surface area contributed by atoms with Crippen molar-refractivity contribution in [3.63, 3.8) is 0 Å². The lowest BCUT2D eigenvalue weighted by atomic mass is 10.2. The van der Waals surface area contributed by atoms with Crippen LogP contribution >= 0.6 is 0 Å². The lowest BCUT2D eigenvalue weighted by Crippen LogP contribution is -2.22. The van der Waals surface area contributed by atoms with Gasteiger partial charge >= 0.3 is 5.97 Å². The number of hydrogen-bond donors (Lipinski definition) is 1. The van der Waals surface area contributed by atoms with Crippen molar-refractivity contribution in [2.45, 2.75) is 19.4 Å². The molecule has 0 bridgehead atoms. The quantitative estimate of drug-likeness (QED) is 0.720. The van der Waals surface area contributed by atoms with Crippen molar-refractivity contribution in [2.24, 2.45) is 0 Å². The predicted molar refractivity (Wildman–Crippen MR) is 90.8 cm³/mol. The van der Waals surface area contributed by atoms with Crippen LogP contribution in [0, 0.1) is 0 Å². The maximum absolute atomic E-state index is 11.1. The summed E-state index contributed by atoms with van der Waals surface area (Å²) in [6.45, 7) is 1.52. The normalized spacial score (nSPS) is 11.2. The second kappa shape index (κ2) is 7.23. The molecule has 0 unspecified atom stereocenters. The molecule has 6 heteroatoms. The molecule has 0 aliphatic carbocycles. The molecular weight excluding hydrogens is 304 g/mol. The molecule has 0 fully saturated rings. The predicted octanol–water partition coefficient (Wildman–Crippen LogP) is 2.03. The van der Waals surface area contributed by atoms with Crippen LogP contribution in [-0.4, -0.2) is 43.9 Å². The summed E-state index contributed by atoms with van der Waals surface area (Å²) in [5.41, 5.74) is 3.58. The van der Waals surface area contributed by atoms with Crippen LogP contribution in [0.25, 0.3) is 5.65 Å². The Morgan fingerprint density at radius 3 is 2.79 bits per heavy atom. The molecule has 1 N–H and O–H groups in total. The average molecular weight is 324 g/mol. The summed E-state index contributed by atoms with van der Waals surface area (Å²) in [4.78, 5) is 21.8. The van der Waals surface area contributed by atoms with E-state index in [0.717, 1.165) is 24.3 Å². The Kier molecular flexibility index (Phi) is 4.86. The van der Waals surface area contributed by atoms with Crippen LogP contribution in [0.4, 0.5) is 0 Å². The minimum Gasteiger partial charge on any atom is -0.481 e. The highest BCUT2D eigenvalue weighted by Crippen LogP contribution is 2.15. The summed E-state index contributed by atoms with van der Waals surface area (Å²) in [6.07, 6.45) is 6.38. The molecule has 0 saturated carbocycles. The number of aliphatic carboxylic acids is 1. The molecular formula is C18H20N4O2. The van der Waals surface area contributed by atoms with Crippen molar-refractivity contribution in [3.05, 3.63) is 65.9 Å². The van der Waals surface area contributed by atoms with Crippen LogP contribution < -0.4 is 0 Å². The molecule has 3 rings (SSSR count). The number of imidazole rings is 1. The molecule has 124 valence electrons. The smallest absolute Gasteiger partial charge is 0.309 e. The van der Waals surface area contributed by atoms with Crippen molar-refractivity contribution in [1.29, 1.82) is 0 Å². The Morgan fingerprint density at radius 2 is 2.04 bits per heavy atom. The Bertz CT molecular complexity index is 829. The molecule has 0 aliphatic heterocycles. The van der Waals surface area contributed by atoms with E-state index in [1.165, 1.54) is 5.56 Å². The van der Waals surface area contributed by atoms with Crippen LogP contribution in [0.1, 0.15) is 17.0 Å². The fraction of sp³-hybridized carbons (Fsp3) is 0.278. The Morgan fingerprint density at radius 1 is 1.25 bits per heavy atom. The zero-order chi connectivity index (χ0) is 16.9. The van der Waals surface area contributed by atoms with Crippen LogP contribution in [0.15, 0.2) is 48.9 Å². The summed E-state index contributed by atoms with van der Waals surface area (Å²) >= 11 is 0. The first kappa shape index (κ1) is 16.1. The zero-order valence-corrected chi connectivity index (χ0v) is 13.6. The van der Waals surface area contributed by atoms with E-state index in [1.807, 2.05) is 48.0 Å². The monoisotopic (exact) mass is 324 g/mol. The van der Waals surface area contributed by atoms with Gasteiger partial charge in [-0.05, 0) is 43.3 Å². The average Bonchev–Trinajstić information content (AvgIpc) is 2.91. The van der Waals surface area contributed by atoms with Gasteiger partial charge in [0.2, 0.25) is 0 Å². The summed E-state index contributed by atoms with van der Waals surface area (Å²) in [5, 5.41) is 9.13. The van der Waals surface area contributed by atoms with E-state index in [4.69, 9.17) is 5.11 Å². The fourth-order valence-corrected chi connectivity index (χ4v) is 2.75. The largest absolute Gasteiger partial charge is 0.481 e. The number of likely N-dealkylation sites (N-methyl/N-ethyl adjacent to an activating group) is 1. The third kappa shape index (κ3) is 3.78. The number of pyridine rings is 2. The molecule has 0 amide bonds. The first-order chi connectivity index (χ1) is 11.6. The molecule has 0 radical (unpaired) electrons. The topological polar surface area (TPSA) is 70.7 Å². The first-order valence-corrected chi connectivity index (χ1v) is 7.87. The highest BCUT2D eigenvalue weighted by atomic mass is 16.4. The Balaban J connectivity index is 1.76. The van der Waals surface area contributed by atoms with Gasteiger partial charge in [-0.3, -0.25) is 9.78 Å². The van der Waals surface area contributed by atoms with Crippen molar-refractivity contribution in [2.75, 3.05) is 13.6 Å².